The lowest BCUT2D eigenvalue weighted by Crippen LogP contribution is -2.38. The van der Waals surface area contributed by atoms with E-state index in [0.717, 1.165) is 17.8 Å². The van der Waals surface area contributed by atoms with E-state index in [9.17, 15) is 0 Å². The molecule has 1 rings (SSSR count). The molecule has 0 aromatic heterocycles. The highest BCUT2D eigenvalue weighted by Gasteiger charge is 2.17. The van der Waals surface area contributed by atoms with E-state index < -0.39 is 0 Å². The van der Waals surface area contributed by atoms with Gasteiger partial charge in [-0.2, -0.15) is 0 Å². The Bertz CT molecular complexity index is 413. The summed E-state index contributed by atoms with van der Waals surface area (Å²) in [6, 6.07) is 6.16. The highest BCUT2D eigenvalue weighted by atomic mass is 35.5. The van der Waals surface area contributed by atoms with Crippen molar-refractivity contribution in [3.8, 4) is 0 Å². The Kier molecular flexibility index (Phi) is 7.30. The number of nitrogens with zero attached hydrogens (tertiary/aromatic N) is 1. The number of ether oxygens (including phenoxy) is 2. The van der Waals surface area contributed by atoms with Crippen LogP contribution >= 0.6 is 11.6 Å². The van der Waals surface area contributed by atoms with Crippen LogP contribution in [0.3, 0.4) is 0 Å². The standard InChI is InChI=1S/C15H25ClN2O2/c1-11(10-20-4)18(7-8-19-3)15-6-5-13(12(2)17)9-14(15)16/h5-6,9,11-12H,7-8,10,17H2,1-4H3/t11?,12-/m0/s1. The van der Waals surface area contributed by atoms with Crippen molar-refractivity contribution in [2.75, 3.05) is 38.9 Å². The lowest BCUT2D eigenvalue weighted by atomic mass is 10.1. The molecule has 0 saturated carbocycles. The van der Waals surface area contributed by atoms with E-state index in [1.807, 2.05) is 25.1 Å². The summed E-state index contributed by atoms with van der Waals surface area (Å²) in [6.07, 6.45) is 0. The zero-order chi connectivity index (χ0) is 15.1. The maximum Gasteiger partial charge on any atom is 0.0663 e. The molecule has 0 fully saturated rings. The first kappa shape index (κ1) is 17.2. The molecule has 0 spiro atoms. The minimum Gasteiger partial charge on any atom is -0.383 e. The summed E-state index contributed by atoms with van der Waals surface area (Å²) in [5.74, 6) is 0. The summed E-state index contributed by atoms with van der Waals surface area (Å²) < 4.78 is 10.4. The third-order valence-electron chi connectivity index (χ3n) is 3.28. The minimum atomic E-state index is -0.0228. The van der Waals surface area contributed by atoms with Gasteiger partial charge in [0.05, 0.1) is 23.9 Å². The van der Waals surface area contributed by atoms with Crippen LogP contribution in [-0.2, 0) is 9.47 Å². The van der Waals surface area contributed by atoms with Crippen LogP contribution in [0.1, 0.15) is 25.5 Å². The first-order valence-electron chi connectivity index (χ1n) is 6.80. The predicted molar refractivity (Wildman–Crippen MR) is 84.6 cm³/mol. The number of hydrogen-bond acceptors (Lipinski definition) is 4. The van der Waals surface area contributed by atoms with Gasteiger partial charge in [0.1, 0.15) is 0 Å². The van der Waals surface area contributed by atoms with Crippen LogP contribution in [0.5, 0.6) is 0 Å². The third-order valence-corrected chi connectivity index (χ3v) is 3.59. The molecule has 114 valence electrons. The van der Waals surface area contributed by atoms with Crippen molar-refractivity contribution >= 4 is 17.3 Å². The molecule has 0 aliphatic rings. The van der Waals surface area contributed by atoms with Gasteiger partial charge in [-0.1, -0.05) is 17.7 Å². The molecule has 0 aliphatic carbocycles. The summed E-state index contributed by atoms with van der Waals surface area (Å²) >= 11 is 6.41. The molecule has 0 saturated heterocycles. The Balaban J connectivity index is 3.00. The molecule has 5 heteroatoms. The fourth-order valence-corrected chi connectivity index (χ4v) is 2.44. The van der Waals surface area contributed by atoms with Crippen LogP contribution in [0.25, 0.3) is 0 Å². The van der Waals surface area contributed by atoms with Gasteiger partial charge in [-0.05, 0) is 31.5 Å². The van der Waals surface area contributed by atoms with E-state index in [1.165, 1.54) is 0 Å². The first-order chi connectivity index (χ1) is 9.51. The van der Waals surface area contributed by atoms with Crippen molar-refractivity contribution in [1.29, 1.82) is 0 Å². The quantitative estimate of drug-likeness (QED) is 0.802. The van der Waals surface area contributed by atoms with Crippen LogP contribution in [0.2, 0.25) is 5.02 Å². The van der Waals surface area contributed by atoms with Gasteiger partial charge >= 0.3 is 0 Å². The molecular formula is C15H25ClN2O2. The number of methoxy groups -OCH3 is 2. The van der Waals surface area contributed by atoms with E-state index in [-0.39, 0.29) is 12.1 Å². The molecule has 0 aliphatic heterocycles. The van der Waals surface area contributed by atoms with Crippen molar-refractivity contribution in [3.05, 3.63) is 28.8 Å². The highest BCUT2D eigenvalue weighted by molar-refractivity contribution is 6.33. The van der Waals surface area contributed by atoms with E-state index in [4.69, 9.17) is 26.8 Å². The smallest absolute Gasteiger partial charge is 0.0663 e. The number of rotatable bonds is 8. The van der Waals surface area contributed by atoms with Gasteiger partial charge in [0.15, 0.2) is 0 Å². The van der Waals surface area contributed by atoms with Gasteiger partial charge < -0.3 is 20.1 Å². The summed E-state index contributed by atoms with van der Waals surface area (Å²) in [7, 11) is 3.39. The lowest BCUT2D eigenvalue weighted by molar-refractivity contribution is 0.171. The SMILES string of the molecule is COCCN(c1ccc([C@H](C)N)cc1Cl)C(C)COC. The van der Waals surface area contributed by atoms with Crippen molar-refractivity contribution in [1.82, 2.24) is 0 Å². The fourth-order valence-electron chi connectivity index (χ4n) is 2.14. The maximum atomic E-state index is 6.41. The normalized spacial score (nSPS) is 14.1. The molecule has 0 heterocycles. The zero-order valence-corrected chi connectivity index (χ0v) is 13.5. The first-order valence-corrected chi connectivity index (χ1v) is 7.18. The number of benzene rings is 1. The number of hydrogen-bond donors (Lipinski definition) is 1. The van der Waals surface area contributed by atoms with E-state index in [2.05, 4.69) is 11.8 Å². The second-order valence-corrected chi connectivity index (χ2v) is 5.40. The number of halogens is 1. The van der Waals surface area contributed by atoms with Crippen LogP contribution < -0.4 is 10.6 Å². The monoisotopic (exact) mass is 300 g/mol. The maximum absolute atomic E-state index is 6.41. The molecule has 0 radical (unpaired) electrons. The molecule has 20 heavy (non-hydrogen) atoms. The average molecular weight is 301 g/mol. The van der Waals surface area contributed by atoms with Crippen molar-refractivity contribution in [2.45, 2.75) is 25.9 Å². The Morgan fingerprint density at radius 3 is 2.45 bits per heavy atom. The van der Waals surface area contributed by atoms with Gasteiger partial charge in [-0.3, -0.25) is 0 Å². The van der Waals surface area contributed by atoms with Gasteiger partial charge in [-0.25, -0.2) is 0 Å². The topological polar surface area (TPSA) is 47.7 Å². The van der Waals surface area contributed by atoms with Crippen molar-refractivity contribution in [3.63, 3.8) is 0 Å². The van der Waals surface area contributed by atoms with E-state index in [1.54, 1.807) is 14.2 Å². The average Bonchev–Trinajstić information content (AvgIpc) is 2.40. The highest BCUT2D eigenvalue weighted by Crippen LogP contribution is 2.29. The minimum absolute atomic E-state index is 0.0228. The predicted octanol–water partition coefficient (Wildman–Crippen LogP) is 2.85. The second-order valence-electron chi connectivity index (χ2n) is 4.99. The molecule has 2 atom stereocenters. The van der Waals surface area contributed by atoms with Gasteiger partial charge in [-0.15, -0.1) is 0 Å². The Morgan fingerprint density at radius 2 is 1.95 bits per heavy atom. The molecule has 4 nitrogen and oxygen atoms in total. The van der Waals surface area contributed by atoms with Gasteiger partial charge in [0.2, 0.25) is 0 Å². The number of nitrogens with two attached hydrogens (primary N) is 1. The van der Waals surface area contributed by atoms with Crippen LogP contribution in [0.4, 0.5) is 5.69 Å². The molecule has 0 amide bonds. The Hall–Kier alpha value is -0.810. The summed E-state index contributed by atoms with van der Waals surface area (Å²) in [4.78, 5) is 2.19. The molecule has 1 unspecified atom stereocenters. The molecule has 1 aromatic rings. The number of anilines is 1. The van der Waals surface area contributed by atoms with Gasteiger partial charge in [0, 0.05) is 32.8 Å². The summed E-state index contributed by atoms with van der Waals surface area (Å²) in [5, 5.41) is 0.707. The lowest BCUT2D eigenvalue weighted by Gasteiger charge is -2.31. The van der Waals surface area contributed by atoms with Crippen LogP contribution in [0.15, 0.2) is 18.2 Å². The Morgan fingerprint density at radius 1 is 1.25 bits per heavy atom. The Labute approximate surface area is 126 Å². The molecule has 0 bridgehead atoms. The third kappa shape index (κ3) is 4.63. The van der Waals surface area contributed by atoms with Gasteiger partial charge in [0.25, 0.3) is 0 Å². The van der Waals surface area contributed by atoms with E-state index in [0.29, 0.717) is 18.2 Å². The largest absolute Gasteiger partial charge is 0.383 e. The second kappa shape index (κ2) is 8.47. The molecule has 1 aromatic carbocycles. The van der Waals surface area contributed by atoms with Crippen molar-refractivity contribution in [2.24, 2.45) is 5.73 Å². The zero-order valence-electron chi connectivity index (χ0n) is 12.7. The molecule has 2 N–H and O–H groups in total. The molecular weight excluding hydrogens is 276 g/mol. The summed E-state index contributed by atoms with van der Waals surface area (Å²) in [5.41, 5.74) is 7.90. The van der Waals surface area contributed by atoms with Crippen molar-refractivity contribution < 1.29 is 9.47 Å². The summed E-state index contributed by atoms with van der Waals surface area (Å²) in [6.45, 7) is 6.09. The van der Waals surface area contributed by atoms with Crippen LogP contribution in [0, 0.1) is 0 Å². The van der Waals surface area contributed by atoms with E-state index >= 15 is 0 Å². The van der Waals surface area contributed by atoms with Crippen LogP contribution in [-0.4, -0.2) is 40.0 Å². The fraction of sp³-hybridized carbons (Fsp3) is 0.600.